The molecule has 1 aromatic rings. The van der Waals surface area contributed by atoms with E-state index < -0.39 is 0 Å². The lowest BCUT2D eigenvalue weighted by atomic mass is 10.1. The van der Waals surface area contributed by atoms with Crippen molar-refractivity contribution in [3.63, 3.8) is 0 Å². The standard InChI is InChI=1S/C18H28N2O3/c1-23-14-4-2-3-11-19-18(22)15-5-7-16(8-6-15)20-12-9-17(21)10-13-20/h5-8,17,21H,2-4,9-14H2,1H3,(H,19,22). The maximum Gasteiger partial charge on any atom is 0.251 e. The molecule has 1 amide bonds. The van der Waals surface area contributed by atoms with E-state index in [1.165, 1.54) is 0 Å². The number of carbonyl (C=O) groups excluding carboxylic acids is 1. The lowest BCUT2D eigenvalue weighted by Crippen LogP contribution is -2.35. The summed E-state index contributed by atoms with van der Waals surface area (Å²) in [6.45, 7) is 3.22. The fourth-order valence-corrected chi connectivity index (χ4v) is 2.80. The predicted octanol–water partition coefficient (Wildman–Crippen LogP) is 2.19. The molecule has 2 rings (SSSR count). The van der Waals surface area contributed by atoms with Crippen molar-refractivity contribution in [1.82, 2.24) is 5.32 Å². The van der Waals surface area contributed by atoms with Crippen molar-refractivity contribution in [1.29, 1.82) is 0 Å². The van der Waals surface area contributed by atoms with Crippen molar-refractivity contribution in [3.05, 3.63) is 29.8 Å². The summed E-state index contributed by atoms with van der Waals surface area (Å²) in [5, 5.41) is 12.5. The van der Waals surface area contributed by atoms with Gasteiger partial charge in [0.2, 0.25) is 0 Å². The second kappa shape index (κ2) is 9.53. The van der Waals surface area contributed by atoms with Crippen LogP contribution in [0.1, 0.15) is 42.5 Å². The zero-order chi connectivity index (χ0) is 16.5. The molecule has 0 spiro atoms. The van der Waals surface area contributed by atoms with E-state index in [9.17, 15) is 9.90 Å². The van der Waals surface area contributed by atoms with Crippen LogP contribution in [-0.4, -0.2) is 50.5 Å². The van der Waals surface area contributed by atoms with Gasteiger partial charge in [-0.3, -0.25) is 4.79 Å². The lowest BCUT2D eigenvalue weighted by molar-refractivity contribution is 0.0952. The fourth-order valence-electron chi connectivity index (χ4n) is 2.80. The normalized spacial score (nSPS) is 15.7. The van der Waals surface area contributed by atoms with Crippen LogP contribution in [0, 0.1) is 0 Å². The van der Waals surface area contributed by atoms with Gasteiger partial charge in [-0.1, -0.05) is 0 Å². The number of hydrogen-bond acceptors (Lipinski definition) is 4. The van der Waals surface area contributed by atoms with Crippen LogP contribution >= 0.6 is 0 Å². The van der Waals surface area contributed by atoms with E-state index in [4.69, 9.17) is 4.74 Å². The number of aliphatic hydroxyl groups excluding tert-OH is 1. The molecule has 0 radical (unpaired) electrons. The first kappa shape index (κ1) is 17.8. The molecule has 1 aliphatic heterocycles. The highest BCUT2D eigenvalue weighted by Crippen LogP contribution is 2.20. The van der Waals surface area contributed by atoms with E-state index in [0.29, 0.717) is 12.1 Å². The number of hydrogen-bond donors (Lipinski definition) is 2. The maximum absolute atomic E-state index is 12.1. The van der Waals surface area contributed by atoms with E-state index >= 15 is 0 Å². The van der Waals surface area contributed by atoms with Gasteiger partial charge >= 0.3 is 0 Å². The largest absolute Gasteiger partial charge is 0.393 e. The number of methoxy groups -OCH3 is 1. The number of nitrogens with zero attached hydrogens (tertiary/aromatic N) is 1. The molecule has 1 saturated heterocycles. The van der Waals surface area contributed by atoms with E-state index in [1.54, 1.807) is 7.11 Å². The van der Waals surface area contributed by atoms with Crippen molar-refractivity contribution in [3.8, 4) is 0 Å². The quantitative estimate of drug-likeness (QED) is 0.721. The van der Waals surface area contributed by atoms with Crippen molar-refractivity contribution in [2.24, 2.45) is 0 Å². The van der Waals surface area contributed by atoms with Gasteiger partial charge in [0, 0.05) is 44.6 Å². The molecule has 5 nitrogen and oxygen atoms in total. The molecule has 0 bridgehead atoms. The topological polar surface area (TPSA) is 61.8 Å². The zero-order valence-electron chi connectivity index (χ0n) is 14.0. The van der Waals surface area contributed by atoms with Gasteiger partial charge in [-0.15, -0.1) is 0 Å². The van der Waals surface area contributed by atoms with E-state index in [2.05, 4.69) is 10.2 Å². The molecule has 23 heavy (non-hydrogen) atoms. The van der Waals surface area contributed by atoms with Gasteiger partial charge < -0.3 is 20.1 Å². The van der Waals surface area contributed by atoms with Gasteiger partial charge in [-0.05, 0) is 56.4 Å². The molecule has 2 N–H and O–H groups in total. The average molecular weight is 320 g/mol. The molecular weight excluding hydrogens is 292 g/mol. The van der Waals surface area contributed by atoms with Crippen molar-refractivity contribution >= 4 is 11.6 Å². The van der Waals surface area contributed by atoms with Crippen molar-refractivity contribution in [2.75, 3.05) is 38.3 Å². The second-order valence-corrected chi connectivity index (χ2v) is 6.07. The summed E-state index contributed by atoms with van der Waals surface area (Å²) in [4.78, 5) is 14.3. The number of carbonyl (C=O) groups is 1. The minimum Gasteiger partial charge on any atom is -0.393 e. The van der Waals surface area contributed by atoms with Crippen LogP contribution in [0.5, 0.6) is 0 Å². The minimum atomic E-state index is -0.166. The molecule has 5 heteroatoms. The first-order valence-electron chi connectivity index (χ1n) is 8.51. The molecule has 1 aromatic carbocycles. The predicted molar refractivity (Wildman–Crippen MR) is 92.0 cm³/mol. The summed E-state index contributed by atoms with van der Waals surface area (Å²) >= 11 is 0. The summed E-state index contributed by atoms with van der Waals surface area (Å²) in [5.74, 6) is -0.0163. The highest BCUT2D eigenvalue weighted by Gasteiger charge is 2.17. The van der Waals surface area contributed by atoms with Gasteiger partial charge in [-0.25, -0.2) is 0 Å². The van der Waals surface area contributed by atoms with E-state index in [0.717, 1.165) is 57.5 Å². The molecule has 1 fully saturated rings. The van der Waals surface area contributed by atoms with Crippen LogP contribution in [0.3, 0.4) is 0 Å². The van der Waals surface area contributed by atoms with Crippen molar-refractivity contribution in [2.45, 2.75) is 38.2 Å². The summed E-state index contributed by atoms with van der Waals surface area (Å²) < 4.78 is 5.00. The van der Waals surface area contributed by atoms with Crippen LogP contribution in [0.4, 0.5) is 5.69 Å². The second-order valence-electron chi connectivity index (χ2n) is 6.07. The molecule has 1 heterocycles. The first-order chi connectivity index (χ1) is 11.2. The highest BCUT2D eigenvalue weighted by molar-refractivity contribution is 5.94. The number of ether oxygens (including phenoxy) is 1. The number of anilines is 1. The third-order valence-corrected chi connectivity index (χ3v) is 4.27. The smallest absolute Gasteiger partial charge is 0.251 e. The zero-order valence-corrected chi connectivity index (χ0v) is 14.0. The van der Waals surface area contributed by atoms with Crippen LogP contribution in [0.2, 0.25) is 0 Å². The SMILES string of the molecule is COCCCCCNC(=O)c1ccc(N2CCC(O)CC2)cc1. The Hall–Kier alpha value is -1.59. The Balaban J connectivity index is 1.74. The fraction of sp³-hybridized carbons (Fsp3) is 0.611. The monoisotopic (exact) mass is 320 g/mol. The van der Waals surface area contributed by atoms with Gasteiger partial charge in [0.25, 0.3) is 5.91 Å². The van der Waals surface area contributed by atoms with Gasteiger partial charge in [0.15, 0.2) is 0 Å². The Morgan fingerprint density at radius 1 is 1.22 bits per heavy atom. The number of rotatable bonds is 8. The van der Waals surface area contributed by atoms with Gasteiger partial charge in [-0.2, -0.15) is 0 Å². The summed E-state index contributed by atoms with van der Waals surface area (Å²) in [7, 11) is 1.71. The number of nitrogens with one attached hydrogen (secondary N) is 1. The van der Waals surface area contributed by atoms with Crippen molar-refractivity contribution < 1.29 is 14.6 Å². The molecule has 128 valence electrons. The number of benzene rings is 1. The summed E-state index contributed by atoms with van der Waals surface area (Å²) in [5.41, 5.74) is 1.82. The molecule has 1 aliphatic rings. The summed E-state index contributed by atoms with van der Waals surface area (Å²) in [6.07, 6.45) is 4.53. The number of aliphatic hydroxyl groups is 1. The Bertz CT molecular complexity index is 468. The Morgan fingerprint density at radius 3 is 2.57 bits per heavy atom. The molecule has 0 aliphatic carbocycles. The van der Waals surface area contributed by atoms with Gasteiger partial charge in [0.05, 0.1) is 6.10 Å². The Kier molecular flexibility index (Phi) is 7.36. The molecule has 0 saturated carbocycles. The highest BCUT2D eigenvalue weighted by atomic mass is 16.5. The number of amides is 1. The molecule has 0 unspecified atom stereocenters. The Morgan fingerprint density at radius 2 is 1.91 bits per heavy atom. The third-order valence-electron chi connectivity index (χ3n) is 4.27. The van der Waals surface area contributed by atoms with Crippen LogP contribution in [0.25, 0.3) is 0 Å². The van der Waals surface area contributed by atoms with E-state index in [-0.39, 0.29) is 12.0 Å². The first-order valence-corrected chi connectivity index (χ1v) is 8.51. The minimum absolute atomic E-state index is 0.0163. The number of unbranched alkanes of at least 4 members (excludes halogenated alkanes) is 2. The average Bonchev–Trinajstić information content (AvgIpc) is 2.58. The van der Waals surface area contributed by atoms with Gasteiger partial charge in [0.1, 0.15) is 0 Å². The molecular formula is C18H28N2O3. The maximum atomic E-state index is 12.1. The van der Waals surface area contributed by atoms with Crippen LogP contribution in [0.15, 0.2) is 24.3 Å². The van der Waals surface area contributed by atoms with Crippen LogP contribution < -0.4 is 10.2 Å². The number of piperidine rings is 1. The van der Waals surface area contributed by atoms with Crippen LogP contribution in [-0.2, 0) is 4.74 Å². The lowest BCUT2D eigenvalue weighted by Gasteiger charge is -2.31. The molecule has 0 atom stereocenters. The third kappa shape index (κ3) is 5.84. The Labute approximate surface area is 138 Å². The van der Waals surface area contributed by atoms with E-state index in [1.807, 2.05) is 24.3 Å². The molecule has 0 aromatic heterocycles. The summed E-state index contributed by atoms with van der Waals surface area (Å²) in [6, 6.07) is 7.73.